The van der Waals surface area contributed by atoms with Crippen LogP contribution in [0.25, 0.3) is 0 Å². The standard InChI is InChI=1S/C29H36N6O7/c1-16(2)24-28(40)32-17(3)25(37)33-22(27(39)30-10-12-35-13-11-31-29(35)41)14-18-4-6-19(7-5-18)42-20-8-9-23(36)21(15-20)26(38)34-24/h4-9,15-17,22,24,36H,10-14H2,1-3H3,(H,30,39)(H,31,41)(H,32,40)(H,33,37)(H,34,38)/t17-,22-,24-/m0/s1. The summed E-state index contributed by atoms with van der Waals surface area (Å²) in [6.45, 7) is 6.55. The summed E-state index contributed by atoms with van der Waals surface area (Å²) >= 11 is 0. The maximum Gasteiger partial charge on any atom is 0.317 e. The Kier molecular flexibility index (Phi) is 9.50. The third-order valence-electron chi connectivity index (χ3n) is 7.06. The highest BCUT2D eigenvalue weighted by Crippen LogP contribution is 2.28. The molecule has 2 aromatic carbocycles. The Morgan fingerprint density at radius 3 is 2.40 bits per heavy atom. The van der Waals surface area contributed by atoms with Crippen LogP contribution < -0.4 is 31.3 Å². The van der Waals surface area contributed by atoms with E-state index in [-0.39, 0.29) is 36.2 Å². The highest BCUT2D eigenvalue weighted by atomic mass is 16.5. The van der Waals surface area contributed by atoms with Gasteiger partial charge in [-0.05, 0) is 48.7 Å². The van der Waals surface area contributed by atoms with Crippen molar-refractivity contribution >= 4 is 29.7 Å². The lowest BCUT2D eigenvalue weighted by Crippen LogP contribution is -2.57. The van der Waals surface area contributed by atoms with E-state index in [2.05, 4.69) is 26.6 Å². The van der Waals surface area contributed by atoms with E-state index in [1.54, 1.807) is 43.0 Å². The molecule has 2 aromatic rings. The summed E-state index contributed by atoms with van der Waals surface area (Å²) < 4.78 is 5.88. The van der Waals surface area contributed by atoms with Crippen LogP contribution in [-0.2, 0) is 20.8 Å². The predicted octanol–water partition coefficient (Wildman–Crippen LogP) is 0.626. The van der Waals surface area contributed by atoms with Crippen LogP contribution in [0.1, 0.15) is 36.7 Å². The van der Waals surface area contributed by atoms with Gasteiger partial charge in [-0.3, -0.25) is 19.2 Å². The van der Waals surface area contributed by atoms with Gasteiger partial charge < -0.3 is 41.3 Å². The number of amides is 6. The monoisotopic (exact) mass is 580 g/mol. The lowest BCUT2D eigenvalue weighted by atomic mass is 10.0. The first kappa shape index (κ1) is 30.2. The average Bonchev–Trinajstić information content (AvgIpc) is 3.36. The van der Waals surface area contributed by atoms with E-state index in [9.17, 15) is 29.1 Å². The zero-order valence-electron chi connectivity index (χ0n) is 23.7. The summed E-state index contributed by atoms with van der Waals surface area (Å²) in [6, 6.07) is 7.83. The molecule has 4 bridgehead atoms. The third kappa shape index (κ3) is 7.47. The smallest absolute Gasteiger partial charge is 0.317 e. The van der Waals surface area contributed by atoms with Gasteiger partial charge in [-0.15, -0.1) is 0 Å². The van der Waals surface area contributed by atoms with Crippen LogP contribution in [0.5, 0.6) is 17.2 Å². The molecule has 5 rings (SSSR count). The van der Waals surface area contributed by atoms with Crippen LogP contribution in [0.4, 0.5) is 4.79 Å². The van der Waals surface area contributed by atoms with Crippen molar-refractivity contribution in [3.8, 4) is 17.2 Å². The first-order valence-corrected chi connectivity index (χ1v) is 13.8. The number of hydrogen-bond donors (Lipinski definition) is 6. The summed E-state index contributed by atoms with van der Waals surface area (Å²) in [5.41, 5.74) is 0.652. The molecule has 1 saturated heterocycles. The maximum atomic E-state index is 13.2. The van der Waals surface area contributed by atoms with Gasteiger partial charge in [0.25, 0.3) is 5.91 Å². The van der Waals surface area contributed by atoms with Crippen LogP contribution in [0.2, 0.25) is 0 Å². The molecule has 42 heavy (non-hydrogen) atoms. The molecule has 0 aliphatic carbocycles. The largest absolute Gasteiger partial charge is 0.507 e. The van der Waals surface area contributed by atoms with Crippen molar-refractivity contribution < 1.29 is 33.8 Å². The number of nitrogens with one attached hydrogen (secondary N) is 5. The Morgan fingerprint density at radius 1 is 1.02 bits per heavy atom. The number of phenols is 1. The minimum atomic E-state index is -1.04. The predicted molar refractivity (Wildman–Crippen MR) is 152 cm³/mol. The number of ether oxygens (including phenoxy) is 1. The SMILES string of the molecule is CC(C)[C@@H]1NC(=O)c2cc(ccc2O)Oc2ccc(cc2)C[C@@H](C(=O)NCCN2CCNC2=O)NC(=O)[C@H](C)NC1=O. The van der Waals surface area contributed by atoms with Crippen molar-refractivity contribution in [3.05, 3.63) is 53.6 Å². The minimum absolute atomic E-state index is 0.0753. The van der Waals surface area contributed by atoms with Crippen LogP contribution in [0, 0.1) is 5.92 Å². The molecular formula is C29H36N6O7. The molecule has 3 heterocycles. The quantitative estimate of drug-likeness (QED) is 0.281. The summed E-state index contributed by atoms with van der Waals surface area (Å²) in [5, 5.41) is 23.8. The number of aromatic hydroxyl groups is 1. The van der Waals surface area contributed by atoms with Gasteiger partial charge in [0, 0.05) is 32.6 Å². The molecule has 6 N–H and O–H groups in total. The number of hydrogen-bond acceptors (Lipinski definition) is 7. The molecule has 3 aliphatic rings. The van der Waals surface area contributed by atoms with Crippen molar-refractivity contribution in [2.24, 2.45) is 5.92 Å². The fraction of sp³-hybridized carbons (Fsp3) is 0.414. The number of phenolic OH excluding ortho intramolecular Hbond substituents is 1. The van der Waals surface area contributed by atoms with E-state index in [0.29, 0.717) is 31.1 Å². The molecule has 3 aliphatic heterocycles. The zero-order chi connectivity index (χ0) is 30.4. The normalized spacial score (nSPS) is 21.4. The van der Waals surface area contributed by atoms with Crippen molar-refractivity contribution in [2.45, 2.75) is 45.3 Å². The van der Waals surface area contributed by atoms with Crippen molar-refractivity contribution in [3.63, 3.8) is 0 Å². The molecule has 0 unspecified atom stereocenters. The van der Waals surface area contributed by atoms with Crippen LogP contribution in [-0.4, -0.2) is 84.0 Å². The molecule has 224 valence electrons. The minimum Gasteiger partial charge on any atom is -0.507 e. The first-order valence-electron chi connectivity index (χ1n) is 13.8. The molecule has 0 saturated carbocycles. The van der Waals surface area contributed by atoms with E-state index in [4.69, 9.17) is 4.74 Å². The lowest BCUT2D eigenvalue weighted by molar-refractivity contribution is -0.132. The molecular weight excluding hydrogens is 544 g/mol. The van der Waals surface area contributed by atoms with E-state index < -0.39 is 41.8 Å². The fourth-order valence-corrected chi connectivity index (χ4v) is 4.62. The van der Waals surface area contributed by atoms with E-state index in [0.717, 1.165) is 5.56 Å². The second kappa shape index (κ2) is 13.2. The summed E-state index contributed by atoms with van der Waals surface area (Å²) in [6.07, 6.45) is 0.150. The summed E-state index contributed by atoms with van der Waals surface area (Å²) in [5.74, 6) is -2.24. The van der Waals surface area contributed by atoms with E-state index >= 15 is 0 Å². The van der Waals surface area contributed by atoms with E-state index in [1.807, 2.05) is 0 Å². The lowest BCUT2D eigenvalue weighted by Gasteiger charge is -2.25. The van der Waals surface area contributed by atoms with Crippen molar-refractivity contribution in [1.29, 1.82) is 0 Å². The van der Waals surface area contributed by atoms with Crippen molar-refractivity contribution in [1.82, 2.24) is 31.5 Å². The molecule has 1 fully saturated rings. The van der Waals surface area contributed by atoms with Crippen LogP contribution >= 0.6 is 0 Å². The second-order valence-electron chi connectivity index (χ2n) is 10.6. The van der Waals surface area contributed by atoms with E-state index in [1.165, 1.54) is 25.1 Å². The number of benzene rings is 2. The van der Waals surface area contributed by atoms with Gasteiger partial charge in [0.05, 0.1) is 5.56 Å². The number of rotatable bonds is 5. The molecule has 0 spiro atoms. The molecule has 0 aromatic heterocycles. The summed E-state index contributed by atoms with van der Waals surface area (Å²) in [7, 11) is 0. The summed E-state index contributed by atoms with van der Waals surface area (Å²) in [4.78, 5) is 65.9. The highest BCUT2D eigenvalue weighted by Gasteiger charge is 2.30. The topological polar surface area (TPSA) is 178 Å². The van der Waals surface area contributed by atoms with Gasteiger partial charge in [-0.25, -0.2) is 4.79 Å². The number of urea groups is 1. The van der Waals surface area contributed by atoms with Crippen molar-refractivity contribution in [2.75, 3.05) is 26.2 Å². The van der Waals surface area contributed by atoms with Crippen LogP contribution in [0.3, 0.4) is 0 Å². The second-order valence-corrected chi connectivity index (χ2v) is 10.6. The number of carbonyl (C=O) groups is 5. The highest BCUT2D eigenvalue weighted by molar-refractivity contribution is 6.00. The third-order valence-corrected chi connectivity index (χ3v) is 7.06. The van der Waals surface area contributed by atoms with Gasteiger partial charge >= 0.3 is 6.03 Å². The average molecular weight is 581 g/mol. The molecule has 13 nitrogen and oxygen atoms in total. The Labute approximate surface area is 243 Å². The number of carbonyl (C=O) groups excluding carboxylic acids is 5. The van der Waals surface area contributed by atoms with Gasteiger partial charge in [0.15, 0.2) is 0 Å². The van der Waals surface area contributed by atoms with Crippen LogP contribution in [0.15, 0.2) is 42.5 Å². The Morgan fingerprint density at radius 2 is 1.74 bits per heavy atom. The van der Waals surface area contributed by atoms with Gasteiger partial charge in [0.1, 0.15) is 35.4 Å². The Bertz CT molecular complexity index is 1350. The Hall–Kier alpha value is -4.81. The zero-order valence-corrected chi connectivity index (χ0v) is 23.7. The first-order chi connectivity index (χ1) is 20.0. The molecule has 3 atom stereocenters. The molecule has 6 amide bonds. The van der Waals surface area contributed by atoms with Gasteiger partial charge in [-0.1, -0.05) is 26.0 Å². The Balaban J connectivity index is 1.59. The number of fused-ring (bicyclic) bond motifs is 11. The van der Waals surface area contributed by atoms with Gasteiger partial charge in [-0.2, -0.15) is 0 Å². The molecule has 0 radical (unpaired) electrons. The molecule has 13 heteroatoms. The maximum absolute atomic E-state index is 13.2. The fourth-order valence-electron chi connectivity index (χ4n) is 4.62. The van der Waals surface area contributed by atoms with Gasteiger partial charge in [0.2, 0.25) is 17.7 Å². The number of nitrogens with zero attached hydrogens (tertiary/aromatic N) is 1.